The lowest BCUT2D eigenvalue weighted by Crippen LogP contribution is -2.51. The highest BCUT2D eigenvalue weighted by atomic mass is 16.3. The molecule has 7 nitrogen and oxygen atoms in total. The van der Waals surface area contributed by atoms with E-state index in [4.69, 9.17) is 4.42 Å². The van der Waals surface area contributed by atoms with Crippen LogP contribution < -0.4 is 4.90 Å². The number of anilines is 1. The van der Waals surface area contributed by atoms with Gasteiger partial charge in [-0.25, -0.2) is 0 Å². The van der Waals surface area contributed by atoms with Gasteiger partial charge in [0.25, 0.3) is 5.91 Å². The molecule has 0 bridgehead atoms. The maximum Gasteiger partial charge on any atom is 0.289 e. The minimum atomic E-state index is -0.186. The second kappa shape index (κ2) is 7.26. The molecule has 0 aliphatic carbocycles. The summed E-state index contributed by atoms with van der Waals surface area (Å²) in [6, 6.07) is 11.1. The van der Waals surface area contributed by atoms with Crippen molar-refractivity contribution in [3.8, 4) is 0 Å². The molecule has 2 aliphatic heterocycles. The van der Waals surface area contributed by atoms with Crippen LogP contribution in [0.15, 0.2) is 47.1 Å². The van der Waals surface area contributed by atoms with Gasteiger partial charge in [0, 0.05) is 38.4 Å². The number of hydrogen-bond donors (Lipinski definition) is 0. The lowest BCUT2D eigenvalue weighted by atomic mass is 10.2. The van der Waals surface area contributed by atoms with Gasteiger partial charge >= 0.3 is 0 Å². The third kappa shape index (κ3) is 3.45. The van der Waals surface area contributed by atoms with E-state index in [0.29, 0.717) is 38.5 Å². The van der Waals surface area contributed by atoms with Gasteiger partial charge in [-0.05, 0) is 30.2 Å². The van der Waals surface area contributed by atoms with Crippen LogP contribution in [0.4, 0.5) is 5.69 Å². The molecule has 0 unspecified atom stereocenters. The summed E-state index contributed by atoms with van der Waals surface area (Å²) in [4.78, 5) is 42.4. The molecule has 1 aromatic carbocycles. The molecule has 1 fully saturated rings. The number of furan rings is 1. The number of amides is 3. The van der Waals surface area contributed by atoms with Crippen molar-refractivity contribution in [2.75, 3.05) is 37.6 Å². The van der Waals surface area contributed by atoms with Crippen molar-refractivity contribution in [3.63, 3.8) is 0 Å². The summed E-state index contributed by atoms with van der Waals surface area (Å²) in [5, 5.41) is 0. The summed E-state index contributed by atoms with van der Waals surface area (Å²) < 4.78 is 5.14. The van der Waals surface area contributed by atoms with Crippen molar-refractivity contribution >= 4 is 23.4 Å². The minimum absolute atomic E-state index is 0.138. The third-order valence-electron chi connectivity index (χ3n) is 5.14. The van der Waals surface area contributed by atoms with Crippen LogP contribution in [0.25, 0.3) is 0 Å². The number of benzene rings is 1. The first-order valence-corrected chi connectivity index (χ1v) is 9.12. The first-order valence-electron chi connectivity index (χ1n) is 9.12. The molecule has 140 valence electrons. The number of fused-ring (bicyclic) bond motifs is 1. The van der Waals surface area contributed by atoms with Crippen LogP contribution in [0, 0.1) is 0 Å². The summed E-state index contributed by atoms with van der Waals surface area (Å²) in [7, 11) is 0. The molecule has 0 atom stereocenters. The van der Waals surface area contributed by atoms with Gasteiger partial charge in [0.1, 0.15) is 6.42 Å². The Kier molecular flexibility index (Phi) is 4.66. The van der Waals surface area contributed by atoms with Gasteiger partial charge in [-0.2, -0.15) is 0 Å². The molecule has 0 spiro atoms. The zero-order valence-electron chi connectivity index (χ0n) is 15.0. The van der Waals surface area contributed by atoms with Crippen LogP contribution in [0.5, 0.6) is 0 Å². The molecule has 2 aromatic rings. The molecule has 27 heavy (non-hydrogen) atoms. The predicted molar refractivity (Wildman–Crippen MR) is 98.3 cm³/mol. The molecule has 0 radical (unpaired) electrons. The zero-order valence-corrected chi connectivity index (χ0v) is 15.0. The smallest absolute Gasteiger partial charge is 0.289 e. The predicted octanol–water partition coefficient (Wildman–Crippen LogP) is 1.54. The highest BCUT2D eigenvalue weighted by Crippen LogP contribution is 2.28. The van der Waals surface area contributed by atoms with E-state index in [2.05, 4.69) is 0 Å². The molecule has 3 heterocycles. The highest BCUT2D eigenvalue weighted by Gasteiger charge is 2.30. The number of hydrogen-bond acceptors (Lipinski definition) is 4. The number of para-hydroxylation sites is 1. The van der Waals surface area contributed by atoms with Crippen molar-refractivity contribution in [2.24, 2.45) is 0 Å². The second-order valence-corrected chi connectivity index (χ2v) is 6.75. The van der Waals surface area contributed by atoms with Crippen LogP contribution in [0.1, 0.15) is 22.5 Å². The zero-order chi connectivity index (χ0) is 18.8. The number of piperazine rings is 1. The Balaban J connectivity index is 1.31. The van der Waals surface area contributed by atoms with Crippen molar-refractivity contribution in [2.45, 2.75) is 12.8 Å². The number of rotatable bonds is 3. The van der Waals surface area contributed by atoms with Gasteiger partial charge in [0.2, 0.25) is 11.8 Å². The molecule has 3 amide bonds. The van der Waals surface area contributed by atoms with E-state index in [9.17, 15) is 14.4 Å². The van der Waals surface area contributed by atoms with Crippen molar-refractivity contribution in [3.05, 3.63) is 54.0 Å². The maximum atomic E-state index is 12.6. The lowest BCUT2D eigenvalue weighted by molar-refractivity contribution is -0.136. The van der Waals surface area contributed by atoms with Gasteiger partial charge in [-0.1, -0.05) is 18.2 Å². The SMILES string of the molecule is O=C(CC(=O)N1CCc2ccccc21)N1CCN(C(=O)c2ccco2)CC1. The van der Waals surface area contributed by atoms with Gasteiger partial charge in [-0.3, -0.25) is 14.4 Å². The number of carbonyl (C=O) groups excluding carboxylic acids is 3. The van der Waals surface area contributed by atoms with E-state index >= 15 is 0 Å². The van der Waals surface area contributed by atoms with Crippen LogP contribution in [-0.2, 0) is 16.0 Å². The van der Waals surface area contributed by atoms with Crippen LogP contribution in [0.3, 0.4) is 0 Å². The largest absolute Gasteiger partial charge is 0.459 e. The fourth-order valence-corrected chi connectivity index (χ4v) is 3.65. The maximum absolute atomic E-state index is 12.6. The summed E-state index contributed by atoms with van der Waals surface area (Å²) in [6.45, 7) is 2.35. The average molecular weight is 367 g/mol. The first-order chi connectivity index (χ1) is 13.1. The Morgan fingerprint density at radius 1 is 0.852 bits per heavy atom. The van der Waals surface area contributed by atoms with Crippen LogP contribution >= 0.6 is 0 Å². The van der Waals surface area contributed by atoms with Gasteiger partial charge in [0.15, 0.2) is 5.76 Å². The quantitative estimate of drug-likeness (QED) is 0.772. The molecule has 0 N–H and O–H groups in total. The average Bonchev–Trinajstić information content (AvgIpc) is 3.37. The van der Waals surface area contributed by atoms with Gasteiger partial charge in [0.05, 0.1) is 6.26 Å². The molecule has 4 rings (SSSR count). The Morgan fingerprint density at radius 2 is 1.59 bits per heavy atom. The van der Waals surface area contributed by atoms with Crippen LogP contribution in [0.2, 0.25) is 0 Å². The molecular formula is C20H21N3O4. The van der Waals surface area contributed by atoms with E-state index in [1.807, 2.05) is 24.3 Å². The third-order valence-corrected chi connectivity index (χ3v) is 5.14. The van der Waals surface area contributed by atoms with E-state index in [1.54, 1.807) is 26.8 Å². The molecule has 1 saturated heterocycles. The Labute approximate surface area is 157 Å². The fraction of sp³-hybridized carbons (Fsp3) is 0.350. The summed E-state index contributed by atoms with van der Waals surface area (Å²) in [5.41, 5.74) is 2.05. The Hall–Kier alpha value is -3.09. The molecule has 7 heteroatoms. The minimum Gasteiger partial charge on any atom is -0.459 e. The van der Waals surface area contributed by atoms with Crippen LogP contribution in [-0.4, -0.2) is 60.2 Å². The Morgan fingerprint density at radius 3 is 2.33 bits per heavy atom. The van der Waals surface area contributed by atoms with E-state index in [-0.39, 0.29) is 24.1 Å². The fourth-order valence-electron chi connectivity index (χ4n) is 3.65. The van der Waals surface area contributed by atoms with Crippen molar-refractivity contribution in [1.82, 2.24) is 9.80 Å². The van der Waals surface area contributed by atoms with Gasteiger partial charge in [-0.15, -0.1) is 0 Å². The molecule has 2 aliphatic rings. The first kappa shape index (κ1) is 17.3. The monoisotopic (exact) mass is 367 g/mol. The molecular weight excluding hydrogens is 346 g/mol. The highest BCUT2D eigenvalue weighted by molar-refractivity contribution is 6.06. The number of carbonyl (C=O) groups is 3. The van der Waals surface area contributed by atoms with Crippen molar-refractivity contribution < 1.29 is 18.8 Å². The Bertz CT molecular complexity index is 854. The molecule has 1 aromatic heterocycles. The standard InChI is InChI=1S/C20H21N3O4/c24-18(14-19(25)23-8-7-15-4-1-2-5-16(15)23)21-9-11-22(12-10-21)20(26)17-6-3-13-27-17/h1-6,13H,7-12,14H2. The summed E-state index contributed by atoms with van der Waals surface area (Å²) >= 11 is 0. The summed E-state index contributed by atoms with van der Waals surface area (Å²) in [6.07, 6.45) is 2.15. The van der Waals surface area contributed by atoms with E-state index in [1.165, 1.54) is 6.26 Å². The van der Waals surface area contributed by atoms with E-state index in [0.717, 1.165) is 17.7 Å². The summed E-state index contributed by atoms with van der Waals surface area (Å²) in [5.74, 6) is -0.219. The van der Waals surface area contributed by atoms with E-state index < -0.39 is 0 Å². The topological polar surface area (TPSA) is 74.1 Å². The number of nitrogens with zero attached hydrogens (tertiary/aromatic N) is 3. The second-order valence-electron chi connectivity index (χ2n) is 6.75. The lowest BCUT2D eigenvalue weighted by Gasteiger charge is -2.34. The molecule has 0 saturated carbocycles. The van der Waals surface area contributed by atoms with Gasteiger partial charge < -0.3 is 19.1 Å². The normalized spacial score (nSPS) is 16.4. The van der Waals surface area contributed by atoms with Crippen molar-refractivity contribution in [1.29, 1.82) is 0 Å².